The fraction of sp³-hybridized carbons (Fsp3) is 0.450. The van der Waals surface area contributed by atoms with Crippen LogP contribution in [0.2, 0.25) is 0 Å². The molecule has 1 aliphatic rings. The van der Waals surface area contributed by atoms with Gasteiger partial charge in [-0.2, -0.15) is 0 Å². The Hall–Kier alpha value is -1.88. The lowest BCUT2D eigenvalue weighted by molar-refractivity contribution is 0.100. The second kappa shape index (κ2) is 6.45. The molecule has 25 heavy (non-hydrogen) atoms. The molecule has 0 spiro atoms. The zero-order chi connectivity index (χ0) is 18.4. The number of Topliss-reactive ketones (excluding diaryl/α,β-unsaturated/α-hetero) is 1. The molecule has 0 bridgehead atoms. The Morgan fingerprint density at radius 1 is 1.08 bits per heavy atom. The molecule has 0 radical (unpaired) electrons. The number of ketones is 1. The molecule has 2 aromatic rings. The average molecular weight is 359 g/mol. The number of hydrogen-bond acceptors (Lipinski definition) is 3. The molecule has 1 aliphatic carbocycles. The zero-order valence-electron chi connectivity index (χ0n) is 15.3. The molecule has 0 unspecified atom stereocenters. The van der Waals surface area contributed by atoms with E-state index in [0.29, 0.717) is 4.90 Å². The van der Waals surface area contributed by atoms with E-state index in [1.807, 2.05) is 23.7 Å². The van der Waals surface area contributed by atoms with E-state index in [1.54, 1.807) is 19.1 Å². The molecule has 0 aliphatic heterocycles. The molecule has 1 aromatic heterocycles. The molecule has 4 nitrogen and oxygen atoms in total. The van der Waals surface area contributed by atoms with Gasteiger partial charge in [0.15, 0.2) is 15.6 Å². The standard InChI is InChI=1S/C20H25NO3S/c1-5-17-18(6-2)20(21(4)19(17)13(3)22)14-7-9-15(10-8-14)25(23,24)16-11-12-16/h7-10,16H,5-6,11-12H2,1-4H3. The summed E-state index contributed by atoms with van der Waals surface area (Å²) in [5, 5.41) is -0.199. The van der Waals surface area contributed by atoms with Crippen molar-refractivity contribution in [3.05, 3.63) is 41.1 Å². The number of nitrogens with zero attached hydrogens (tertiary/aromatic N) is 1. The molecule has 1 aromatic carbocycles. The normalized spacial score (nSPS) is 14.7. The van der Waals surface area contributed by atoms with Crippen LogP contribution in [0.15, 0.2) is 29.2 Å². The summed E-state index contributed by atoms with van der Waals surface area (Å²) in [7, 11) is -1.26. The van der Waals surface area contributed by atoms with Gasteiger partial charge in [-0.1, -0.05) is 26.0 Å². The van der Waals surface area contributed by atoms with Crippen LogP contribution in [-0.4, -0.2) is 24.0 Å². The van der Waals surface area contributed by atoms with Crippen molar-refractivity contribution in [1.29, 1.82) is 0 Å². The second-order valence-corrected chi connectivity index (χ2v) is 8.97. The Bertz CT molecular complexity index is 917. The highest BCUT2D eigenvalue weighted by Crippen LogP contribution is 2.36. The minimum Gasteiger partial charge on any atom is -0.341 e. The number of benzene rings is 1. The van der Waals surface area contributed by atoms with E-state index < -0.39 is 9.84 Å². The van der Waals surface area contributed by atoms with E-state index in [9.17, 15) is 13.2 Å². The highest BCUT2D eigenvalue weighted by atomic mass is 32.2. The lowest BCUT2D eigenvalue weighted by Gasteiger charge is -2.10. The Kier molecular flexibility index (Phi) is 4.62. The van der Waals surface area contributed by atoms with Crippen molar-refractivity contribution in [2.45, 2.75) is 56.6 Å². The molecule has 3 rings (SSSR count). The number of sulfone groups is 1. The molecule has 1 heterocycles. The van der Waals surface area contributed by atoms with Gasteiger partial charge in [-0.05, 0) is 54.5 Å². The number of carbonyl (C=O) groups excluding carboxylic acids is 1. The smallest absolute Gasteiger partial charge is 0.181 e. The van der Waals surface area contributed by atoms with Gasteiger partial charge >= 0.3 is 0 Å². The fourth-order valence-electron chi connectivity index (χ4n) is 3.75. The Morgan fingerprint density at radius 2 is 1.64 bits per heavy atom. The van der Waals surface area contributed by atoms with E-state index in [4.69, 9.17) is 0 Å². The van der Waals surface area contributed by atoms with Crippen molar-refractivity contribution in [3.63, 3.8) is 0 Å². The first kappa shape index (κ1) is 17.9. The number of rotatable bonds is 6. The monoisotopic (exact) mass is 359 g/mol. The minimum absolute atomic E-state index is 0.0632. The van der Waals surface area contributed by atoms with Gasteiger partial charge in [0, 0.05) is 14.0 Å². The second-order valence-electron chi connectivity index (χ2n) is 6.75. The maximum Gasteiger partial charge on any atom is 0.181 e. The Morgan fingerprint density at radius 3 is 2.08 bits per heavy atom. The highest BCUT2D eigenvalue weighted by Gasteiger charge is 2.36. The van der Waals surface area contributed by atoms with E-state index in [1.165, 1.54) is 5.56 Å². The topological polar surface area (TPSA) is 56.1 Å². The number of carbonyl (C=O) groups is 1. The molecular formula is C20H25NO3S. The van der Waals surface area contributed by atoms with Gasteiger partial charge in [0.2, 0.25) is 0 Å². The van der Waals surface area contributed by atoms with Crippen LogP contribution in [0.5, 0.6) is 0 Å². The van der Waals surface area contributed by atoms with Crippen molar-refractivity contribution in [2.24, 2.45) is 7.05 Å². The van der Waals surface area contributed by atoms with Gasteiger partial charge in [0.05, 0.1) is 21.5 Å². The molecule has 0 N–H and O–H groups in total. The maximum absolute atomic E-state index is 12.4. The fourth-order valence-corrected chi connectivity index (χ4v) is 5.41. The first-order chi connectivity index (χ1) is 11.8. The third kappa shape index (κ3) is 2.95. The van der Waals surface area contributed by atoms with Gasteiger partial charge in [-0.15, -0.1) is 0 Å². The minimum atomic E-state index is -3.17. The zero-order valence-corrected chi connectivity index (χ0v) is 16.1. The summed E-state index contributed by atoms with van der Waals surface area (Å²) in [4.78, 5) is 12.5. The van der Waals surface area contributed by atoms with E-state index in [0.717, 1.165) is 48.2 Å². The molecule has 134 valence electrons. The largest absolute Gasteiger partial charge is 0.341 e. The first-order valence-electron chi connectivity index (χ1n) is 8.88. The SMILES string of the molecule is CCc1c(CC)c(-c2ccc(S(=O)(=O)C3CC3)cc2)n(C)c1C(C)=O. The van der Waals surface area contributed by atoms with Gasteiger partial charge in [-0.25, -0.2) is 8.42 Å². The number of hydrogen-bond donors (Lipinski definition) is 0. The molecular weight excluding hydrogens is 334 g/mol. The van der Waals surface area contributed by atoms with Crippen LogP contribution in [0, 0.1) is 0 Å². The van der Waals surface area contributed by atoms with Gasteiger partial charge in [-0.3, -0.25) is 4.79 Å². The molecule has 0 atom stereocenters. The van der Waals surface area contributed by atoms with E-state index >= 15 is 0 Å². The molecule has 0 amide bonds. The van der Waals surface area contributed by atoms with Crippen molar-refractivity contribution in [2.75, 3.05) is 0 Å². The quantitative estimate of drug-likeness (QED) is 0.734. The lowest BCUT2D eigenvalue weighted by Crippen LogP contribution is -2.07. The van der Waals surface area contributed by atoms with Crippen molar-refractivity contribution in [1.82, 2.24) is 4.57 Å². The van der Waals surface area contributed by atoms with Crippen LogP contribution in [-0.2, 0) is 29.7 Å². The van der Waals surface area contributed by atoms with Crippen LogP contribution < -0.4 is 0 Å². The van der Waals surface area contributed by atoms with Gasteiger partial charge in [0.1, 0.15) is 0 Å². The Labute approximate surface area is 149 Å². The molecule has 1 saturated carbocycles. The van der Waals surface area contributed by atoms with Crippen molar-refractivity contribution < 1.29 is 13.2 Å². The third-order valence-electron chi connectivity index (χ3n) is 5.07. The van der Waals surface area contributed by atoms with Crippen LogP contribution in [0.3, 0.4) is 0 Å². The van der Waals surface area contributed by atoms with Crippen molar-refractivity contribution in [3.8, 4) is 11.3 Å². The molecule has 0 saturated heterocycles. The third-order valence-corrected chi connectivity index (χ3v) is 7.35. The van der Waals surface area contributed by atoms with Crippen LogP contribution in [0.1, 0.15) is 55.2 Å². The van der Waals surface area contributed by atoms with E-state index in [2.05, 4.69) is 13.8 Å². The number of aromatic nitrogens is 1. The highest BCUT2D eigenvalue weighted by molar-refractivity contribution is 7.92. The van der Waals surface area contributed by atoms with Crippen molar-refractivity contribution >= 4 is 15.6 Å². The maximum atomic E-state index is 12.4. The van der Waals surface area contributed by atoms with Crippen LogP contribution >= 0.6 is 0 Å². The first-order valence-corrected chi connectivity index (χ1v) is 10.4. The summed E-state index contributed by atoms with van der Waals surface area (Å²) in [5.74, 6) is 0.0632. The van der Waals surface area contributed by atoms with Crippen LogP contribution in [0.4, 0.5) is 0 Å². The van der Waals surface area contributed by atoms with Gasteiger partial charge in [0.25, 0.3) is 0 Å². The summed E-state index contributed by atoms with van der Waals surface area (Å²) in [6.07, 6.45) is 3.18. The summed E-state index contributed by atoms with van der Waals surface area (Å²) < 4.78 is 26.7. The van der Waals surface area contributed by atoms with E-state index in [-0.39, 0.29) is 11.0 Å². The summed E-state index contributed by atoms with van der Waals surface area (Å²) in [5.41, 5.74) is 5.00. The Balaban J connectivity index is 2.12. The van der Waals surface area contributed by atoms with Gasteiger partial charge < -0.3 is 4.57 Å². The van der Waals surface area contributed by atoms with Crippen LogP contribution in [0.25, 0.3) is 11.3 Å². The predicted molar refractivity (Wildman–Crippen MR) is 99.8 cm³/mol. The summed E-state index contributed by atoms with van der Waals surface area (Å²) in [6, 6.07) is 7.14. The molecule has 5 heteroatoms. The predicted octanol–water partition coefficient (Wildman–Crippen LogP) is 3.96. The lowest BCUT2D eigenvalue weighted by atomic mass is 9.99. The summed E-state index contributed by atoms with van der Waals surface area (Å²) in [6.45, 7) is 5.76. The molecule has 1 fully saturated rings. The summed E-state index contributed by atoms with van der Waals surface area (Å²) >= 11 is 0. The average Bonchev–Trinajstić information content (AvgIpc) is 3.39.